The minimum Gasteiger partial charge on any atom is -0.322 e. The molecule has 0 radical (unpaired) electrons. The Morgan fingerprint density at radius 1 is 0.912 bits per heavy atom. The molecule has 0 saturated carbocycles. The van der Waals surface area contributed by atoms with Crippen LogP contribution in [0.3, 0.4) is 0 Å². The lowest BCUT2D eigenvalue weighted by atomic mass is 10.0. The van der Waals surface area contributed by atoms with Gasteiger partial charge in [-0.1, -0.05) is 42.1 Å². The van der Waals surface area contributed by atoms with Crippen LogP contribution in [0.1, 0.15) is 37.4 Å². The molecule has 168 valence electrons. The van der Waals surface area contributed by atoms with Crippen LogP contribution in [0, 0.1) is 13.8 Å². The summed E-state index contributed by atoms with van der Waals surface area (Å²) in [5.41, 5.74) is 5.73. The summed E-state index contributed by atoms with van der Waals surface area (Å²) in [6.45, 7) is 4.39. The first-order valence-electron chi connectivity index (χ1n) is 11.0. The zero-order chi connectivity index (χ0) is 23.7. The highest BCUT2D eigenvalue weighted by Crippen LogP contribution is 2.40. The average molecular weight is 466 g/mol. The number of amides is 2. The highest BCUT2D eigenvalue weighted by molar-refractivity contribution is 7.99. The molecule has 0 fully saturated rings. The number of anilines is 2. The lowest BCUT2D eigenvalue weighted by molar-refractivity contribution is 0.0983. The minimum atomic E-state index is -0.165. The van der Waals surface area contributed by atoms with E-state index in [0.29, 0.717) is 23.4 Å². The van der Waals surface area contributed by atoms with Gasteiger partial charge in [0.15, 0.2) is 0 Å². The van der Waals surface area contributed by atoms with E-state index < -0.39 is 0 Å². The van der Waals surface area contributed by atoms with Crippen LogP contribution in [0.15, 0.2) is 95.0 Å². The van der Waals surface area contributed by atoms with Gasteiger partial charge in [0, 0.05) is 27.9 Å². The van der Waals surface area contributed by atoms with Crippen molar-refractivity contribution in [3.8, 4) is 0 Å². The van der Waals surface area contributed by atoms with E-state index in [1.54, 1.807) is 47.1 Å². The number of hydrogen-bond donors (Lipinski definition) is 1. The Morgan fingerprint density at radius 2 is 1.71 bits per heavy atom. The third kappa shape index (κ3) is 4.20. The molecule has 0 aliphatic carbocycles. The number of benzene rings is 3. The average Bonchev–Trinajstić information content (AvgIpc) is 3.02. The SMILES string of the molecule is Cc1cccc(C(=O)Nc2ccc(C(=O)N3Cc4ccccc4Sc4ncccc43)cc2)c1C. The Kier molecular flexibility index (Phi) is 5.90. The molecule has 2 heterocycles. The Hall–Kier alpha value is -3.90. The standard InChI is InChI=1S/C28H23N3O2S/c1-18-7-5-9-23(19(18)2)26(32)30-22-14-12-20(13-15-22)28(33)31-17-21-8-3-4-11-25(21)34-27-24(31)10-6-16-29-27/h3-16H,17H2,1-2H3,(H,30,32). The number of hydrogen-bond acceptors (Lipinski definition) is 4. The highest BCUT2D eigenvalue weighted by atomic mass is 32.2. The number of carbonyl (C=O) groups is 2. The summed E-state index contributed by atoms with van der Waals surface area (Å²) >= 11 is 1.58. The zero-order valence-corrected chi connectivity index (χ0v) is 19.7. The van der Waals surface area contributed by atoms with Crippen molar-refractivity contribution >= 4 is 35.0 Å². The third-order valence-electron chi connectivity index (χ3n) is 6.03. The number of pyridine rings is 1. The van der Waals surface area contributed by atoms with Crippen LogP contribution >= 0.6 is 11.8 Å². The van der Waals surface area contributed by atoms with E-state index >= 15 is 0 Å². The Labute approximate surface area is 202 Å². The number of nitrogens with one attached hydrogen (secondary N) is 1. The summed E-state index contributed by atoms with van der Waals surface area (Å²) < 4.78 is 0. The van der Waals surface area contributed by atoms with Crippen molar-refractivity contribution in [1.29, 1.82) is 0 Å². The van der Waals surface area contributed by atoms with E-state index in [4.69, 9.17) is 0 Å². The predicted octanol–water partition coefficient (Wildman–Crippen LogP) is 6.26. The van der Waals surface area contributed by atoms with Gasteiger partial charge < -0.3 is 10.2 Å². The fraction of sp³-hybridized carbons (Fsp3) is 0.107. The molecule has 34 heavy (non-hydrogen) atoms. The number of rotatable bonds is 3. The number of aryl methyl sites for hydroxylation is 1. The van der Waals surface area contributed by atoms with Crippen LogP contribution < -0.4 is 10.2 Å². The number of nitrogens with zero attached hydrogens (tertiary/aromatic N) is 2. The van der Waals surface area contributed by atoms with Crippen molar-refractivity contribution < 1.29 is 9.59 Å². The lowest BCUT2D eigenvalue weighted by Crippen LogP contribution is -2.30. The molecule has 2 amide bonds. The number of carbonyl (C=O) groups excluding carboxylic acids is 2. The van der Waals surface area contributed by atoms with E-state index in [9.17, 15) is 9.59 Å². The summed E-state index contributed by atoms with van der Waals surface area (Å²) in [5, 5.41) is 3.74. The van der Waals surface area contributed by atoms with Crippen molar-refractivity contribution in [2.75, 3.05) is 10.2 Å². The van der Waals surface area contributed by atoms with E-state index in [0.717, 1.165) is 32.3 Å². The summed E-state index contributed by atoms with van der Waals surface area (Å²) in [6, 6.07) is 24.6. The van der Waals surface area contributed by atoms with Crippen LogP contribution in [0.25, 0.3) is 0 Å². The van der Waals surface area contributed by atoms with Gasteiger partial charge in [-0.3, -0.25) is 9.59 Å². The van der Waals surface area contributed by atoms with E-state index in [-0.39, 0.29) is 11.8 Å². The Balaban J connectivity index is 1.40. The maximum absolute atomic E-state index is 13.6. The smallest absolute Gasteiger partial charge is 0.258 e. The first-order valence-corrected chi connectivity index (χ1v) is 11.8. The second-order valence-corrected chi connectivity index (χ2v) is 9.24. The quantitative estimate of drug-likeness (QED) is 0.388. The van der Waals surface area contributed by atoms with Gasteiger partial charge in [0.2, 0.25) is 0 Å². The highest BCUT2D eigenvalue weighted by Gasteiger charge is 2.26. The zero-order valence-electron chi connectivity index (χ0n) is 18.9. The van der Waals surface area contributed by atoms with E-state index in [1.165, 1.54) is 0 Å². The van der Waals surface area contributed by atoms with Crippen molar-refractivity contribution in [3.63, 3.8) is 0 Å². The van der Waals surface area contributed by atoms with Crippen molar-refractivity contribution in [2.24, 2.45) is 0 Å². The predicted molar refractivity (Wildman–Crippen MR) is 136 cm³/mol. The second kappa shape index (κ2) is 9.15. The molecular weight excluding hydrogens is 442 g/mol. The fourth-order valence-corrected chi connectivity index (χ4v) is 5.00. The molecule has 0 bridgehead atoms. The Morgan fingerprint density at radius 3 is 2.53 bits per heavy atom. The van der Waals surface area contributed by atoms with Gasteiger partial charge in [0.1, 0.15) is 5.03 Å². The lowest BCUT2D eigenvalue weighted by Gasteiger charge is -2.22. The minimum absolute atomic E-state index is 0.112. The molecule has 0 unspecified atom stereocenters. The molecule has 4 aromatic rings. The molecule has 1 aliphatic rings. The summed E-state index contributed by atoms with van der Waals surface area (Å²) in [5.74, 6) is -0.277. The van der Waals surface area contributed by atoms with E-state index in [1.807, 2.05) is 62.4 Å². The molecule has 0 atom stereocenters. The molecule has 1 N–H and O–H groups in total. The van der Waals surface area contributed by atoms with Crippen LogP contribution in [-0.2, 0) is 6.54 Å². The number of fused-ring (bicyclic) bond motifs is 2. The Bertz CT molecular complexity index is 1400. The monoisotopic (exact) mass is 465 g/mol. The largest absolute Gasteiger partial charge is 0.322 e. The normalized spacial score (nSPS) is 12.4. The summed E-state index contributed by atoms with van der Waals surface area (Å²) in [6.07, 6.45) is 1.75. The molecule has 1 aromatic heterocycles. The maximum Gasteiger partial charge on any atom is 0.258 e. The molecule has 0 spiro atoms. The van der Waals surface area contributed by atoms with Crippen LogP contribution in [0.2, 0.25) is 0 Å². The molecule has 3 aromatic carbocycles. The van der Waals surface area contributed by atoms with Gasteiger partial charge in [-0.15, -0.1) is 0 Å². The van der Waals surface area contributed by atoms with Gasteiger partial charge in [0.05, 0.1) is 12.2 Å². The topological polar surface area (TPSA) is 62.3 Å². The van der Waals surface area contributed by atoms with Gasteiger partial charge in [-0.25, -0.2) is 4.98 Å². The summed E-state index contributed by atoms with van der Waals surface area (Å²) in [4.78, 5) is 33.7. The van der Waals surface area contributed by atoms with Crippen LogP contribution in [-0.4, -0.2) is 16.8 Å². The van der Waals surface area contributed by atoms with E-state index in [2.05, 4.69) is 16.4 Å². The molecule has 0 saturated heterocycles. The molecule has 1 aliphatic heterocycles. The first kappa shape index (κ1) is 21.9. The van der Waals surface area contributed by atoms with Gasteiger partial charge in [0.25, 0.3) is 11.8 Å². The van der Waals surface area contributed by atoms with Gasteiger partial charge in [-0.05, 0) is 79.1 Å². The second-order valence-electron chi connectivity index (χ2n) is 8.21. The van der Waals surface area contributed by atoms with Crippen molar-refractivity contribution in [3.05, 3.63) is 113 Å². The van der Waals surface area contributed by atoms with Crippen LogP contribution in [0.5, 0.6) is 0 Å². The molecular formula is C28H23N3O2S. The number of aromatic nitrogens is 1. The summed E-state index contributed by atoms with van der Waals surface area (Å²) in [7, 11) is 0. The van der Waals surface area contributed by atoms with Gasteiger partial charge in [-0.2, -0.15) is 0 Å². The first-order chi connectivity index (χ1) is 16.5. The molecule has 5 rings (SSSR count). The van der Waals surface area contributed by atoms with Gasteiger partial charge >= 0.3 is 0 Å². The van der Waals surface area contributed by atoms with Crippen LogP contribution in [0.4, 0.5) is 11.4 Å². The maximum atomic E-state index is 13.6. The molecule has 6 heteroatoms. The van der Waals surface area contributed by atoms with Crippen molar-refractivity contribution in [1.82, 2.24) is 4.98 Å². The third-order valence-corrected chi connectivity index (χ3v) is 7.16. The van der Waals surface area contributed by atoms with Crippen molar-refractivity contribution in [2.45, 2.75) is 30.3 Å². The fourth-order valence-electron chi connectivity index (χ4n) is 3.99. The molecule has 5 nitrogen and oxygen atoms in total.